The van der Waals surface area contributed by atoms with Gasteiger partial charge in [0.25, 0.3) is 5.91 Å². The third-order valence-corrected chi connectivity index (χ3v) is 6.20. The lowest BCUT2D eigenvalue weighted by Crippen LogP contribution is -2.49. The van der Waals surface area contributed by atoms with Crippen molar-refractivity contribution in [2.75, 3.05) is 13.1 Å². The van der Waals surface area contributed by atoms with Crippen LogP contribution in [0.5, 0.6) is 5.75 Å². The minimum atomic E-state index is -0.446. The van der Waals surface area contributed by atoms with Crippen molar-refractivity contribution in [3.63, 3.8) is 0 Å². The molecule has 0 unspecified atom stereocenters. The molecule has 1 saturated heterocycles. The van der Waals surface area contributed by atoms with Crippen molar-refractivity contribution < 1.29 is 9.53 Å². The van der Waals surface area contributed by atoms with E-state index in [1.807, 2.05) is 42.3 Å². The van der Waals surface area contributed by atoms with Crippen LogP contribution >= 0.6 is 0 Å². The molecule has 6 nitrogen and oxygen atoms in total. The van der Waals surface area contributed by atoms with Crippen LogP contribution in [0.3, 0.4) is 0 Å². The smallest absolute Gasteiger partial charge is 0.255 e. The van der Waals surface area contributed by atoms with Crippen LogP contribution < -0.4 is 4.74 Å². The zero-order chi connectivity index (χ0) is 20.9. The van der Waals surface area contributed by atoms with Gasteiger partial charge < -0.3 is 9.64 Å². The minimum absolute atomic E-state index is 0.0374. The van der Waals surface area contributed by atoms with Gasteiger partial charge in [-0.2, -0.15) is 5.10 Å². The van der Waals surface area contributed by atoms with Gasteiger partial charge in [0.1, 0.15) is 11.4 Å². The van der Waals surface area contributed by atoms with Gasteiger partial charge in [0.2, 0.25) is 0 Å². The average Bonchev–Trinajstić information content (AvgIpc) is 3.21. The largest absolute Gasteiger partial charge is 0.482 e. The first-order valence-corrected chi connectivity index (χ1v) is 10.6. The number of hydrogen-bond donors (Lipinski definition) is 0. The molecule has 2 aliphatic rings. The topological polar surface area (TPSA) is 60.3 Å². The molecule has 4 heterocycles. The molecule has 0 saturated carbocycles. The zero-order valence-electron chi connectivity index (χ0n) is 17.6. The Morgan fingerprint density at radius 2 is 1.90 bits per heavy atom. The number of fused-ring (bicyclic) bond motifs is 4. The monoisotopic (exact) mass is 402 g/mol. The van der Waals surface area contributed by atoms with Gasteiger partial charge in [0.05, 0.1) is 17.5 Å². The fourth-order valence-electron chi connectivity index (χ4n) is 4.67. The van der Waals surface area contributed by atoms with E-state index in [0.29, 0.717) is 18.7 Å². The Hall–Kier alpha value is -3.15. The number of pyridine rings is 1. The summed E-state index contributed by atoms with van der Waals surface area (Å²) in [5, 5.41) is 4.71. The van der Waals surface area contributed by atoms with Crippen LogP contribution in [0.15, 0.2) is 48.9 Å². The third-order valence-electron chi connectivity index (χ3n) is 6.20. The summed E-state index contributed by atoms with van der Waals surface area (Å²) in [4.78, 5) is 19.1. The molecule has 6 heteroatoms. The van der Waals surface area contributed by atoms with Crippen molar-refractivity contribution in [1.82, 2.24) is 19.7 Å². The maximum atomic E-state index is 13.0. The van der Waals surface area contributed by atoms with E-state index in [1.54, 1.807) is 12.4 Å². The summed E-state index contributed by atoms with van der Waals surface area (Å²) >= 11 is 0. The van der Waals surface area contributed by atoms with E-state index in [-0.39, 0.29) is 11.9 Å². The molecule has 1 aromatic carbocycles. The number of carbonyl (C=O) groups excluding carboxylic acids is 1. The molecule has 0 radical (unpaired) electrons. The highest BCUT2D eigenvalue weighted by Gasteiger charge is 2.46. The summed E-state index contributed by atoms with van der Waals surface area (Å²) in [6, 6.07) is 10.3. The normalized spacial score (nSPS) is 16.9. The van der Waals surface area contributed by atoms with Crippen molar-refractivity contribution in [1.29, 1.82) is 0 Å². The zero-order valence-corrected chi connectivity index (χ0v) is 17.6. The second-order valence-electron chi connectivity index (χ2n) is 8.58. The molecular weight excluding hydrogens is 376 g/mol. The van der Waals surface area contributed by atoms with Crippen molar-refractivity contribution in [2.24, 2.45) is 0 Å². The predicted molar refractivity (Wildman–Crippen MR) is 114 cm³/mol. The van der Waals surface area contributed by atoms with Gasteiger partial charge in [-0.25, -0.2) is 0 Å². The fourth-order valence-corrected chi connectivity index (χ4v) is 4.67. The average molecular weight is 402 g/mol. The van der Waals surface area contributed by atoms with E-state index in [0.717, 1.165) is 41.0 Å². The molecule has 2 aromatic heterocycles. The second kappa shape index (κ2) is 6.97. The summed E-state index contributed by atoms with van der Waals surface area (Å²) < 4.78 is 8.72. The van der Waals surface area contributed by atoms with Gasteiger partial charge in [0, 0.05) is 55.5 Å². The maximum Gasteiger partial charge on any atom is 0.255 e. The molecule has 0 N–H and O–H groups in total. The van der Waals surface area contributed by atoms with Gasteiger partial charge in [0.15, 0.2) is 0 Å². The first-order valence-electron chi connectivity index (χ1n) is 10.6. The van der Waals surface area contributed by atoms with E-state index in [9.17, 15) is 4.79 Å². The number of para-hydroxylation sites is 1. The Morgan fingerprint density at radius 1 is 1.13 bits per heavy atom. The van der Waals surface area contributed by atoms with Crippen molar-refractivity contribution in [2.45, 2.75) is 45.3 Å². The summed E-state index contributed by atoms with van der Waals surface area (Å²) in [5.74, 6) is 0.936. The lowest BCUT2D eigenvalue weighted by atomic mass is 9.81. The number of likely N-dealkylation sites (tertiary alicyclic amines) is 1. The van der Waals surface area contributed by atoms with Gasteiger partial charge in [-0.3, -0.25) is 14.5 Å². The number of aryl methyl sites for hydroxylation is 1. The predicted octanol–water partition coefficient (Wildman–Crippen LogP) is 4.36. The Labute approximate surface area is 176 Å². The molecule has 0 aliphatic carbocycles. The van der Waals surface area contributed by atoms with E-state index in [1.165, 1.54) is 0 Å². The molecule has 0 atom stereocenters. The van der Waals surface area contributed by atoms with Gasteiger partial charge in [-0.15, -0.1) is 0 Å². The molecule has 1 fully saturated rings. The number of benzene rings is 1. The lowest BCUT2D eigenvalue weighted by Gasteiger charge is -2.44. The number of ether oxygens (including phenoxy) is 1. The van der Waals surface area contributed by atoms with Crippen LogP contribution in [0, 0.1) is 6.92 Å². The summed E-state index contributed by atoms with van der Waals surface area (Å²) in [6.07, 6.45) is 6.86. The van der Waals surface area contributed by atoms with Gasteiger partial charge in [-0.05, 0) is 44.5 Å². The van der Waals surface area contributed by atoms with Crippen LogP contribution in [0.1, 0.15) is 54.2 Å². The SMILES string of the molecule is Cc1cncc(C(=O)N2CCC3(CC2)Oc2ccccc2-c2c3cnn2C(C)C)c1. The van der Waals surface area contributed by atoms with Crippen molar-refractivity contribution in [3.8, 4) is 17.0 Å². The summed E-state index contributed by atoms with van der Waals surface area (Å²) in [5.41, 5.74) is 4.57. The molecule has 1 spiro atoms. The molecule has 1 amide bonds. The highest BCUT2D eigenvalue weighted by atomic mass is 16.5. The Balaban J connectivity index is 1.47. The van der Waals surface area contributed by atoms with Crippen molar-refractivity contribution in [3.05, 3.63) is 65.6 Å². The number of rotatable bonds is 2. The minimum Gasteiger partial charge on any atom is -0.482 e. The summed E-state index contributed by atoms with van der Waals surface area (Å²) in [7, 11) is 0. The first kappa shape index (κ1) is 18.9. The number of aromatic nitrogens is 3. The molecule has 3 aromatic rings. The quantitative estimate of drug-likeness (QED) is 0.639. The Kier molecular flexibility index (Phi) is 4.38. The second-order valence-corrected chi connectivity index (χ2v) is 8.58. The fraction of sp³-hybridized carbons (Fsp3) is 0.375. The number of amides is 1. The highest BCUT2D eigenvalue weighted by Crippen LogP contribution is 2.50. The molecule has 2 aliphatic heterocycles. The number of nitrogens with zero attached hydrogens (tertiary/aromatic N) is 4. The van der Waals surface area contributed by atoms with E-state index in [4.69, 9.17) is 9.84 Å². The van der Waals surface area contributed by atoms with Crippen LogP contribution in [-0.4, -0.2) is 38.7 Å². The van der Waals surface area contributed by atoms with Crippen LogP contribution in [0.2, 0.25) is 0 Å². The van der Waals surface area contributed by atoms with E-state index < -0.39 is 5.60 Å². The van der Waals surface area contributed by atoms with Crippen LogP contribution in [0.25, 0.3) is 11.3 Å². The molecule has 154 valence electrons. The van der Waals surface area contributed by atoms with Crippen LogP contribution in [0.4, 0.5) is 0 Å². The maximum absolute atomic E-state index is 13.0. The highest BCUT2D eigenvalue weighted by molar-refractivity contribution is 5.94. The molecule has 5 rings (SSSR count). The first-order chi connectivity index (χ1) is 14.5. The van der Waals surface area contributed by atoms with Crippen molar-refractivity contribution >= 4 is 5.91 Å². The Bertz CT molecular complexity index is 1110. The standard InChI is InChI=1S/C24H26N4O2/c1-16(2)28-22-19-6-4-5-7-21(19)30-24(20(22)15-26-28)8-10-27(11-9-24)23(29)18-12-17(3)13-25-14-18/h4-7,12-16H,8-11H2,1-3H3. The van der Waals surface area contributed by atoms with E-state index in [2.05, 4.69) is 29.6 Å². The van der Waals surface area contributed by atoms with Gasteiger partial charge >= 0.3 is 0 Å². The third kappa shape index (κ3) is 2.90. The number of carbonyl (C=O) groups is 1. The Morgan fingerprint density at radius 3 is 2.63 bits per heavy atom. The molecule has 30 heavy (non-hydrogen) atoms. The number of hydrogen-bond acceptors (Lipinski definition) is 4. The van der Waals surface area contributed by atoms with E-state index >= 15 is 0 Å². The van der Waals surface area contributed by atoms with Crippen LogP contribution in [-0.2, 0) is 5.60 Å². The molecular formula is C24H26N4O2. The number of piperidine rings is 1. The lowest BCUT2D eigenvalue weighted by molar-refractivity contribution is -0.00178. The summed E-state index contributed by atoms with van der Waals surface area (Å²) in [6.45, 7) is 7.53. The van der Waals surface area contributed by atoms with Gasteiger partial charge in [-0.1, -0.05) is 12.1 Å². The molecule has 0 bridgehead atoms.